The van der Waals surface area contributed by atoms with Gasteiger partial charge in [-0.05, 0) is 24.6 Å². The minimum Gasteiger partial charge on any atom is -0.493 e. The van der Waals surface area contributed by atoms with Gasteiger partial charge in [-0.3, -0.25) is 9.58 Å². The van der Waals surface area contributed by atoms with Crippen molar-refractivity contribution in [1.82, 2.24) is 14.7 Å². The SMILES string of the molecule is Cn1cc([C@@]2(C)CN(Cc3cc(Cl)cc4c3OCC4)CCO2)cn1. The van der Waals surface area contributed by atoms with Crippen molar-refractivity contribution in [2.75, 3.05) is 26.3 Å². The van der Waals surface area contributed by atoms with E-state index in [0.29, 0.717) is 6.61 Å². The van der Waals surface area contributed by atoms with Crippen molar-refractivity contribution in [2.45, 2.75) is 25.5 Å². The van der Waals surface area contributed by atoms with Gasteiger partial charge in [0.05, 0.1) is 19.4 Å². The van der Waals surface area contributed by atoms with E-state index in [0.717, 1.165) is 49.0 Å². The van der Waals surface area contributed by atoms with Gasteiger partial charge in [0.15, 0.2) is 0 Å². The summed E-state index contributed by atoms with van der Waals surface area (Å²) in [5.41, 5.74) is 3.17. The molecular formula is C18H22ClN3O2. The lowest BCUT2D eigenvalue weighted by Crippen LogP contribution is -2.47. The van der Waals surface area contributed by atoms with Crippen LogP contribution in [0.1, 0.15) is 23.6 Å². The van der Waals surface area contributed by atoms with E-state index in [-0.39, 0.29) is 5.60 Å². The summed E-state index contributed by atoms with van der Waals surface area (Å²) in [4.78, 5) is 2.41. The second-order valence-electron chi connectivity index (χ2n) is 6.84. The summed E-state index contributed by atoms with van der Waals surface area (Å²) >= 11 is 6.29. The molecule has 0 unspecified atom stereocenters. The van der Waals surface area contributed by atoms with E-state index < -0.39 is 0 Å². The third-order valence-corrected chi connectivity index (χ3v) is 5.11. The van der Waals surface area contributed by atoms with E-state index in [1.165, 1.54) is 11.1 Å². The van der Waals surface area contributed by atoms with Gasteiger partial charge >= 0.3 is 0 Å². The van der Waals surface area contributed by atoms with Crippen LogP contribution in [0.4, 0.5) is 0 Å². The summed E-state index contributed by atoms with van der Waals surface area (Å²) in [6, 6.07) is 4.05. The number of nitrogens with zero attached hydrogens (tertiary/aromatic N) is 3. The van der Waals surface area contributed by atoms with E-state index in [1.807, 2.05) is 36.3 Å². The molecule has 1 fully saturated rings. The van der Waals surface area contributed by atoms with E-state index >= 15 is 0 Å². The third kappa shape index (κ3) is 2.92. The zero-order chi connectivity index (χ0) is 16.7. The van der Waals surface area contributed by atoms with Crippen molar-refractivity contribution in [3.63, 3.8) is 0 Å². The second kappa shape index (κ2) is 6.06. The van der Waals surface area contributed by atoms with Crippen LogP contribution >= 0.6 is 11.6 Å². The van der Waals surface area contributed by atoms with Gasteiger partial charge in [-0.2, -0.15) is 5.10 Å². The number of aromatic nitrogens is 2. The number of rotatable bonds is 3. The number of benzene rings is 1. The summed E-state index contributed by atoms with van der Waals surface area (Å²) in [5, 5.41) is 5.07. The lowest BCUT2D eigenvalue weighted by molar-refractivity contribution is -0.105. The van der Waals surface area contributed by atoms with E-state index in [2.05, 4.69) is 16.9 Å². The maximum Gasteiger partial charge on any atom is 0.127 e. The first-order valence-electron chi connectivity index (χ1n) is 8.33. The van der Waals surface area contributed by atoms with E-state index in [1.54, 1.807) is 0 Å². The molecule has 0 radical (unpaired) electrons. The van der Waals surface area contributed by atoms with Crippen molar-refractivity contribution in [3.05, 3.63) is 46.2 Å². The van der Waals surface area contributed by atoms with Gasteiger partial charge in [0.1, 0.15) is 11.4 Å². The molecule has 0 saturated carbocycles. The predicted octanol–water partition coefficient (Wildman–Crippen LogP) is 2.76. The molecule has 0 spiro atoms. The van der Waals surface area contributed by atoms with Gasteiger partial charge in [-0.25, -0.2) is 0 Å². The average Bonchev–Trinajstić information content (AvgIpc) is 3.16. The third-order valence-electron chi connectivity index (χ3n) is 4.89. The fraction of sp³-hybridized carbons (Fsp3) is 0.500. The molecule has 1 aromatic heterocycles. The molecule has 128 valence electrons. The minimum atomic E-state index is -0.338. The number of ether oxygens (including phenoxy) is 2. The Hall–Kier alpha value is -1.56. The van der Waals surface area contributed by atoms with Crippen LogP contribution in [0.15, 0.2) is 24.5 Å². The van der Waals surface area contributed by atoms with Gasteiger partial charge < -0.3 is 9.47 Å². The van der Waals surface area contributed by atoms with Crippen LogP contribution in [0.3, 0.4) is 0 Å². The Bertz CT molecular complexity index is 761. The summed E-state index contributed by atoms with van der Waals surface area (Å²) in [6.07, 6.45) is 4.87. The first kappa shape index (κ1) is 15.9. The number of fused-ring (bicyclic) bond motifs is 1. The molecule has 5 nitrogen and oxygen atoms in total. The molecule has 0 N–H and O–H groups in total. The van der Waals surface area contributed by atoms with Crippen LogP contribution in [0, 0.1) is 0 Å². The Balaban J connectivity index is 1.56. The standard InChI is InChI=1S/C18H22ClN3O2/c1-18(15-9-20-21(2)11-15)12-22(4-6-24-18)10-14-8-16(19)7-13-3-5-23-17(13)14/h7-9,11H,3-6,10,12H2,1-2H3/t18-/m1/s1. The smallest absolute Gasteiger partial charge is 0.127 e. The zero-order valence-corrected chi connectivity index (χ0v) is 14.8. The Labute approximate surface area is 147 Å². The van der Waals surface area contributed by atoms with Gasteiger partial charge in [0, 0.05) is 55.4 Å². The molecular weight excluding hydrogens is 326 g/mol. The highest BCUT2D eigenvalue weighted by atomic mass is 35.5. The topological polar surface area (TPSA) is 39.5 Å². The number of aryl methyl sites for hydroxylation is 1. The molecule has 6 heteroatoms. The van der Waals surface area contributed by atoms with Crippen LogP contribution in [0.25, 0.3) is 0 Å². The van der Waals surface area contributed by atoms with Crippen LogP contribution < -0.4 is 4.74 Å². The number of hydrogen-bond donors (Lipinski definition) is 0. The van der Waals surface area contributed by atoms with Gasteiger partial charge in [-0.15, -0.1) is 0 Å². The Kier molecular flexibility index (Phi) is 4.03. The van der Waals surface area contributed by atoms with Gasteiger partial charge in [0.25, 0.3) is 0 Å². The molecule has 24 heavy (non-hydrogen) atoms. The fourth-order valence-electron chi connectivity index (χ4n) is 3.66. The highest BCUT2D eigenvalue weighted by Gasteiger charge is 2.35. The van der Waals surface area contributed by atoms with Crippen molar-refractivity contribution < 1.29 is 9.47 Å². The molecule has 1 atom stereocenters. The fourth-order valence-corrected chi connectivity index (χ4v) is 3.92. The predicted molar refractivity (Wildman–Crippen MR) is 92.4 cm³/mol. The number of halogens is 1. The lowest BCUT2D eigenvalue weighted by Gasteiger charge is -2.40. The maximum absolute atomic E-state index is 6.29. The summed E-state index contributed by atoms with van der Waals surface area (Å²) in [5.74, 6) is 1.02. The Morgan fingerprint density at radius 2 is 2.21 bits per heavy atom. The summed E-state index contributed by atoms with van der Waals surface area (Å²) in [6.45, 7) is 6.13. The molecule has 4 rings (SSSR count). The Morgan fingerprint density at radius 1 is 1.33 bits per heavy atom. The molecule has 0 amide bonds. The first-order valence-corrected chi connectivity index (χ1v) is 8.71. The molecule has 2 aliphatic heterocycles. The van der Waals surface area contributed by atoms with Crippen LogP contribution in [-0.4, -0.2) is 41.0 Å². The lowest BCUT2D eigenvalue weighted by atomic mass is 9.96. The first-order chi connectivity index (χ1) is 11.5. The maximum atomic E-state index is 6.29. The van der Waals surface area contributed by atoms with Crippen molar-refractivity contribution in [3.8, 4) is 5.75 Å². The highest BCUT2D eigenvalue weighted by molar-refractivity contribution is 6.30. The normalized spacial score (nSPS) is 24.0. The molecule has 1 saturated heterocycles. The molecule has 0 aliphatic carbocycles. The minimum absolute atomic E-state index is 0.338. The molecule has 0 bridgehead atoms. The molecule has 3 heterocycles. The van der Waals surface area contributed by atoms with Crippen LogP contribution in [0.2, 0.25) is 5.02 Å². The summed E-state index contributed by atoms with van der Waals surface area (Å²) < 4.78 is 13.8. The second-order valence-corrected chi connectivity index (χ2v) is 7.28. The quantitative estimate of drug-likeness (QED) is 0.856. The van der Waals surface area contributed by atoms with E-state index in [4.69, 9.17) is 21.1 Å². The molecule has 2 aromatic rings. The van der Waals surface area contributed by atoms with Gasteiger partial charge in [0.2, 0.25) is 0 Å². The van der Waals surface area contributed by atoms with Crippen molar-refractivity contribution >= 4 is 11.6 Å². The van der Waals surface area contributed by atoms with Crippen LogP contribution in [-0.2, 0) is 30.4 Å². The number of morpholine rings is 1. The van der Waals surface area contributed by atoms with Crippen molar-refractivity contribution in [2.24, 2.45) is 7.05 Å². The molecule has 2 aliphatic rings. The highest BCUT2D eigenvalue weighted by Crippen LogP contribution is 2.35. The van der Waals surface area contributed by atoms with E-state index in [9.17, 15) is 0 Å². The number of hydrogen-bond acceptors (Lipinski definition) is 4. The molecule has 1 aromatic carbocycles. The monoisotopic (exact) mass is 347 g/mol. The van der Waals surface area contributed by atoms with Crippen LogP contribution in [0.5, 0.6) is 5.75 Å². The largest absolute Gasteiger partial charge is 0.493 e. The Morgan fingerprint density at radius 3 is 3.00 bits per heavy atom. The van der Waals surface area contributed by atoms with Gasteiger partial charge in [-0.1, -0.05) is 11.6 Å². The van der Waals surface area contributed by atoms with Crippen molar-refractivity contribution in [1.29, 1.82) is 0 Å². The average molecular weight is 348 g/mol. The zero-order valence-electron chi connectivity index (χ0n) is 14.1. The summed E-state index contributed by atoms with van der Waals surface area (Å²) in [7, 11) is 1.93.